The van der Waals surface area contributed by atoms with E-state index in [9.17, 15) is 26.7 Å². The van der Waals surface area contributed by atoms with E-state index < -0.39 is 30.1 Å². The summed E-state index contributed by atoms with van der Waals surface area (Å²) in [4.78, 5) is 10.3. The van der Waals surface area contributed by atoms with Gasteiger partial charge in [0.1, 0.15) is 0 Å². The molecule has 0 aliphatic carbocycles. The van der Waals surface area contributed by atoms with Crippen LogP contribution in [0.15, 0.2) is 0 Å². The van der Waals surface area contributed by atoms with Crippen molar-refractivity contribution in [1.29, 1.82) is 0 Å². The molecule has 0 saturated carbocycles. The predicted molar refractivity (Wildman–Crippen MR) is 43.6 cm³/mol. The second kappa shape index (κ2) is 5.53. The van der Waals surface area contributed by atoms with Gasteiger partial charge in [-0.25, -0.2) is 22.0 Å². The van der Waals surface area contributed by atoms with Crippen LogP contribution >= 0.6 is 11.8 Å². The zero-order chi connectivity index (χ0) is 11.4. The summed E-state index contributed by atoms with van der Waals surface area (Å²) in [5, 5.41) is -0.409. The molecule has 0 aromatic rings. The van der Waals surface area contributed by atoms with Gasteiger partial charge in [-0.1, -0.05) is 11.8 Å². The maximum absolute atomic E-state index is 12.5. The molecule has 0 aliphatic rings. The summed E-state index contributed by atoms with van der Waals surface area (Å²) in [6, 6.07) is 0. The molecule has 1 unspecified atom stereocenters. The Bertz CT molecular complexity index is 197. The SMILES string of the molecule is CC(=O)SCCC(F)(F)C(F)C(F)F. The zero-order valence-electron chi connectivity index (χ0n) is 7.28. The molecule has 1 atom stereocenters. The van der Waals surface area contributed by atoms with Crippen LogP contribution in [-0.2, 0) is 4.79 Å². The van der Waals surface area contributed by atoms with Crippen molar-refractivity contribution in [2.24, 2.45) is 0 Å². The smallest absolute Gasteiger partial charge is 0.285 e. The Morgan fingerprint density at radius 2 is 1.86 bits per heavy atom. The molecule has 0 radical (unpaired) electrons. The third kappa shape index (κ3) is 4.78. The van der Waals surface area contributed by atoms with Gasteiger partial charge in [-0.3, -0.25) is 4.79 Å². The molecule has 0 amide bonds. The highest BCUT2D eigenvalue weighted by Gasteiger charge is 2.45. The Balaban J connectivity index is 4.00. The molecule has 0 rings (SSSR count). The number of carbonyl (C=O) groups is 1. The van der Waals surface area contributed by atoms with Crippen LogP contribution in [0.2, 0.25) is 0 Å². The van der Waals surface area contributed by atoms with E-state index in [-0.39, 0.29) is 5.75 Å². The lowest BCUT2D eigenvalue weighted by atomic mass is 10.1. The minimum Gasteiger partial charge on any atom is -0.288 e. The van der Waals surface area contributed by atoms with Crippen LogP contribution in [0, 0.1) is 0 Å². The van der Waals surface area contributed by atoms with Crippen LogP contribution in [0.5, 0.6) is 0 Å². The second-order valence-corrected chi connectivity index (χ2v) is 3.86. The van der Waals surface area contributed by atoms with Crippen LogP contribution in [-0.4, -0.2) is 29.4 Å². The first-order chi connectivity index (χ1) is 6.27. The summed E-state index contributed by atoms with van der Waals surface area (Å²) < 4.78 is 60.5. The van der Waals surface area contributed by atoms with Gasteiger partial charge in [0.05, 0.1) is 0 Å². The molecule has 1 nitrogen and oxygen atoms in total. The van der Waals surface area contributed by atoms with Crippen molar-refractivity contribution >= 4 is 16.9 Å². The van der Waals surface area contributed by atoms with Gasteiger partial charge in [0.2, 0.25) is 6.17 Å². The first-order valence-corrected chi connectivity index (χ1v) is 4.69. The van der Waals surface area contributed by atoms with Gasteiger partial charge in [0.15, 0.2) is 5.12 Å². The van der Waals surface area contributed by atoms with Crippen molar-refractivity contribution < 1.29 is 26.7 Å². The fourth-order valence-corrected chi connectivity index (χ4v) is 1.31. The lowest BCUT2D eigenvalue weighted by Crippen LogP contribution is -2.36. The summed E-state index contributed by atoms with van der Waals surface area (Å²) in [5.41, 5.74) is 0. The van der Waals surface area contributed by atoms with Crippen LogP contribution in [0.1, 0.15) is 13.3 Å². The van der Waals surface area contributed by atoms with Crippen molar-refractivity contribution in [3.8, 4) is 0 Å². The Labute approximate surface area is 82.0 Å². The van der Waals surface area contributed by atoms with E-state index >= 15 is 0 Å². The van der Waals surface area contributed by atoms with E-state index in [2.05, 4.69) is 0 Å². The summed E-state index contributed by atoms with van der Waals surface area (Å²) in [7, 11) is 0. The third-order valence-corrected chi connectivity index (χ3v) is 2.18. The Hall–Kier alpha value is -0.330. The first-order valence-electron chi connectivity index (χ1n) is 3.71. The van der Waals surface area contributed by atoms with Gasteiger partial charge >= 0.3 is 0 Å². The van der Waals surface area contributed by atoms with E-state index in [0.717, 1.165) is 6.92 Å². The van der Waals surface area contributed by atoms with Gasteiger partial charge in [0, 0.05) is 19.1 Å². The number of rotatable bonds is 5. The van der Waals surface area contributed by atoms with Crippen molar-refractivity contribution in [1.82, 2.24) is 0 Å². The number of hydrogen-bond donors (Lipinski definition) is 0. The number of thioether (sulfide) groups is 1. The number of hydrogen-bond acceptors (Lipinski definition) is 2. The van der Waals surface area contributed by atoms with Gasteiger partial charge in [0.25, 0.3) is 12.3 Å². The molecule has 14 heavy (non-hydrogen) atoms. The van der Waals surface area contributed by atoms with E-state index in [1.165, 1.54) is 0 Å². The second-order valence-electron chi connectivity index (χ2n) is 2.59. The maximum atomic E-state index is 12.5. The molecule has 0 saturated heterocycles. The minimum absolute atomic E-state index is 0.366. The minimum atomic E-state index is -4.07. The Morgan fingerprint density at radius 3 is 2.21 bits per heavy atom. The van der Waals surface area contributed by atoms with Crippen molar-refractivity contribution in [2.75, 3.05) is 5.75 Å². The fourth-order valence-electron chi connectivity index (χ4n) is 0.653. The van der Waals surface area contributed by atoms with Crippen molar-refractivity contribution in [3.05, 3.63) is 0 Å². The van der Waals surface area contributed by atoms with E-state index in [1.807, 2.05) is 0 Å². The van der Waals surface area contributed by atoms with Crippen LogP contribution < -0.4 is 0 Å². The molecule has 0 aromatic heterocycles. The summed E-state index contributed by atoms with van der Waals surface area (Å²) in [6.45, 7) is 1.16. The van der Waals surface area contributed by atoms with E-state index in [1.54, 1.807) is 0 Å². The molecule has 0 aliphatic heterocycles. The largest absolute Gasteiger partial charge is 0.288 e. The quantitative estimate of drug-likeness (QED) is 0.683. The van der Waals surface area contributed by atoms with E-state index in [4.69, 9.17) is 0 Å². The molecule has 0 heterocycles. The number of alkyl halides is 5. The summed E-state index contributed by atoms with van der Waals surface area (Å²) >= 11 is 0.557. The molecular formula is C7H9F5OS. The molecule has 0 bridgehead atoms. The van der Waals surface area contributed by atoms with Gasteiger partial charge in [-0.2, -0.15) is 0 Å². The van der Waals surface area contributed by atoms with Crippen LogP contribution in [0.4, 0.5) is 22.0 Å². The summed E-state index contributed by atoms with van der Waals surface area (Å²) in [6.07, 6.45) is -8.23. The number of halogens is 5. The summed E-state index contributed by atoms with van der Waals surface area (Å²) in [5.74, 6) is -4.44. The average molecular weight is 236 g/mol. The monoisotopic (exact) mass is 236 g/mol. The Kier molecular flexibility index (Phi) is 5.40. The first kappa shape index (κ1) is 13.7. The normalized spacial score (nSPS) is 14.5. The van der Waals surface area contributed by atoms with Gasteiger partial charge in [-0.15, -0.1) is 0 Å². The maximum Gasteiger partial charge on any atom is 0.285 e. The molecular weight excluding hydrogens is 227 g/mol. The third-order valence-electron chi connectivity index (χ3n) is 1.37. The predicted octanol–water partition coefficient (Wildman–Crippen LogP) is 2.89. The van der Waals surface area contributed by atoms with Crippen molar-refractivity contribution in [2.45, 2.75) is 31.9 Å². The highest BCUT2D eigenvalue weighted by molar-refractivity contribution is 8.13. The molecule has 84 valence electrons. The molecule has 0 spiro atoms. The van der Waals surface area contributed by atoms with Gasteiger partial charge in [-0.05, 0) is 0 Å². The van der Waals surface area contributed by atoms with Crippen molar-refractivity contribution in [3.63, 3.8) is 0 Å². The lowest BCUT2D eigenvalue weighted by Gasteiger charge is -2.19. The lowest BCUT2D eigenvalue weighted by molar-refractivity contribution is -0.127. The molecule has 0 aromatic carbocycles. The average Bonchev–Trinajstić information content (AvgIpc) is 2.01. The van der Waals surface area contributed by atoms with Gasteiger partial charge < -0.3 is 0 Å². The van der Waals surface area contributed by atoms with Crippen LogP contribution in [0.25, 0.3) is 0 Å². The van der Waals surface area contributed by atoms with Crippen LogP contribution in [0.3, 0.4) is 0 Å². The molecule has 0 fully saturated rings. The highest BCUT2D eigenvalue weighted by Crippen LogP contribution is 2.30. The Morgan fingerprint density at radius 1 is 1.36 bits per heavy atom. The number of carbonyl (C=O) groups excluding carboxylic acids is 1. The zero-order valence-corrected chi connectivity index (χ0v) is 8.09. The standard InChI is InChI=1S/C7H9F5OS/c1-4(13)14-3-2-7(11,12)5(8)6(9)10/h5-6H,2-3H2,1H3. The molecule has 7 heteroatoms. The fraction of sp³-hybridized carbons (Fsp3) is 0.857. The van der Waals surface area contributed by atoms with E-state index in [0.29, 0.717) is 11.8 Å². The highest BCUT2D eigenvalue weighted by atomic mass is 32.2. The molecule has 0 N–H and O–H groups in total. The topological polar surface area (TPSA) is 17.1 Å².